The largest absolute Gasteiger partial charge is 0.481 e. The fourth-order valence-electron chi connectivity index (χ4n) is 8.28. The maximum Gasteiger partial charge on any atom is 0.303 e. The molecular formula is C43H73N5O9. The first kappa shape index (κ1) is 49.6. The number of amides is 4. The van der Waals surface area contributed by atoms with Gasteiger partial charge in [-0.1, -0.05) is 85.2 Å². The van der Waals surface area contributed by atoms with Gasteiger partial charge < -0.3 is 40.1 Å². The van der Waals surface area contributed by atoms with Gasteiger partial charge in [-0.05, 0) is 63.1 Å². The van der Waals surface area contributed by atoms with Crippen LogP contribution in [0, 0.1) is 23.7 Å². The molecule has 57 heavy (non-hydrogen) atoms. The zero-order chi connectivity index (χ0) is 43.1. The van der Waals surface area contributed by atoms with Crippen molar-refractivity contribution in [2.45, 2.75) is 142 Å². The number of carboxylic acid groups (broad SMARTS) is 1. The summed E-state index contributed by atoms with van der Waals surface area (Å²) in [6, 6.07) is 6.28. The number of rotatable bonds is 24. The molecule has 10 unspecified atom stereocenters. The van der Waals surface area contributed by atoms with Gasteiger partial charge in [0.15, 0.2) is 0 Å². The number of benzene rings is 1. The molecule has 1 fully saturated rings. The first-order valence-electron chi connectivity index (χ1n) is 20.7. The molecule has 10 atom stereocenters. The normalized spacial score (nSPS) is 19.3. The van der Waals surface area contributed by atoms with Gasteiger partial charge in [0.25, 0.3) is 0 Å². The Bertz CT molecular complexity index is 1430. The number of carbonyl (C=O) groups is 5. The lowest BCUT2D eigenvalue weighted by Gasteiger charge is -2.41. The van der Waals surface area contributed by atoms with Crippen LogP contribution in [0.1, 0.15) is 106 Å². The van der Waals surface area contributed by atoms with Gasteiger partial charge in [0.2, 0.25) is 23.6 Å². The van der Waals surface area contributed by atoms with Crippen LogP contribution in [0.15, 0.2) is 30.3 Å². The van der Waals surface area contributed by atoms with Crippen molar-refractivity contribution in [3.05, 3.63) is 35.9 Å². The van der Waals surface area contributed by atoms with E-state index in [0.29, 0.717) is 37.9 Å². The molecule has 0 aliphatic carbocycles. The van der Waals surface area contributed by atoms with Crippen LogP contribution in [0.2, 0.25) is 0 Å². The number of hydrogen-bond acceptors (Lipinski definition) is 9. The highest BCUT2D eigenvalue weighted by Gasteiger charge is 2.43. The number of aliphatic hydroxyl groups excluding tert-OH is 1. The Morgan fingerprint density at radius 2 is 1.54 bits per heavy atom. The van der Waals surface area contributed by atoms with Crippen molar-refractivity contribution in [3.63, 3.8) is 0 Å². The average molecular weight is 804 g/mol. The van der Waals surface area contributed by atoms with Crippen LogP contribution in [-0.2, 0) is 33.4 Å². The van der Waals surface area contributed by atoms with Crippen LogP contribution in [0.5, 0.6) is 0 Å². The van der Waals surface area contributed by atoms with E-state index in [-0.39, 0.29) is 60.3 Å². The van der Waals surface area contributed by atoms with Crippen molar-refractivity contribution in [2.24, 2.45) is 23.7 Å². The van der Waals surface area contributed by atoms with Crippen LogP contribution < -0.4 is 10.6 Å². The lowest BCUT2D eigenvalue weighted by atomic mass is 9.89. The Kier molecular flexibility index (Phi) is 20.6. The molecule has 1 aliphatic heterocycles. The van der Waals surface area contributed by atoms with Crippen LogP contribution >= 0.6 is 0 Å². The summed E-state index contributed by atoms with van der Waals surface area (Å²) < 4.78 is 11.9. The molecule has 14 heteroatoms. The second kappa shape index (κ2) is 23.7. The number of carboxylic acids is 1. The second-order valence-corrected chi connectivity index (χ2v) is 16.6. The maximum absolute atomic E-state index is 14.4. The molecule has 0 saturated carbocycles. The summed E-state index contributed by atoms with van der Waals surface area (Å²) in [6.07, 6.45) is 0.305. The molecule has 0 spiro atoms. The highest BCUT2D eigenvalue weighted by molar-refractivity contribution is 5.90. The van der Waals surface area contributed by atoms with Crippen LogP contribution in [0.25, 0.3) is 0 Å². The molecule has 1 aliphatic rings. The predicted octanol–water partition coefficient (Wildman–Crippen LogP) is 4.11. The van der Waals surface area contributed by atoms with Gasteiger partial charge in [-0.25, -0.2) is 0 Å². The molecule has 4 amide bonds. The Morgan fingerprint density at radius 1 is 0.912 bits per heavy atom. The summed E-state index contributed by atoms with van der Waals surface area (Å²) in [5, 5.41) is 25.9. The number of hydrogen-bond donors (Lipinski definition) is 4. The van der Waals surface area contributed by atoms with Crippen molar-refractivity contribution >= 4 is 29.6 Å². The summed E-state index contributed by atoms with van der Waals surface area (Å²) in [6.45, 7) is 16.1. The highest BCUT2D eigenvalue weighted by Crippen LogP contribution is 2.30. The fraction of sp³-hybridized carbons (Fsp3) is 0.744. The van der Waals surface area contributed by atoms with Gasteiger partial charge >= 0.3 is 5.97 Å². The molecule has 1 aromatic rings. The molecule has 1 heterocycles. The molecule has 1 aromatic carbocycles. The van der Waals surface area contributed by atoms with E-state index < -0.39 is 54.4 Å². The first-order chi connectivity index (χ1) is 26.8. The Balaban J connectivity index is 2.25. The van der Waals surface area contributed by atoms with Crippen LogP contribution in [0.3, 0.4) is 0 Å². The molecular weight excluding hydrogens is 730 g/mol. The summed E-state index contributed by atoms with van der Waals surface area (Å²) >= 11 is 0. The van der Waals surface area contributed by atoms with E-state index in [1.54, 1.807) is 44.9 Å². The van der Waals surface area contributed by atoms with Crippen molar-refractivity contribution in [1.29, 1.82) is 0 Å². The Morgan fingerprint density at radius 3 is 2.07 bits per heavy atom. The molecule has 324 valence electrons. The van der Waals surface area contributed by atoms with Crippen molar-refractivity contribution in [1.82, 2.24) is 25.3 Å². The highest BCUT2D eigenvalue weighted by atomic mass is 16.5. The maximum atomic E-state index is 14.4. The lowest BCUT2D eigenvalue weighted by Crippen LogP contribution is -2.60. The number of likely N-dealkylation sites (N-methyl/N-ethyl adjacent to an activating group) is 2. The van der Waals surface area contributed by atoms with Gasteiger partial charge in [0.05, 0.1) is 54.8 Å². The molecule has 4 N–H and O–H groups in total. The number of nitrogens with one attached hydrogen (secondary N) is 2. The zero-order valence-electron chi connectivity index (χ0n) is 36.6. The third-order valence-corrected chi connectivity index (χ3v) is 11.8. The van der Waals surface area contributed by atoms with E-state index in [4.69, 9.17) is 14.6 Å². The molecule has 0 bridgehead atoms. The number of methoxy groups -OCH3 is 2. The number of nitrogens with zero attached hydrogens (tertiary/aromatic N) is 3. The first-order valence-corrected chi connectivity index (χ1v) is 20.7. The monoisotopic (exact) mass is 804 g/mol. The smallest absolute Gasteiger partial charge is 0.303 e. The van der Waals surface area contributed by atoms with E-state index in [1.807, 2.05) is 76.8 Å². The SMILES string of the molecule is CCC(C)C(C(CC(=O)N1CCCC1C(OC)C(C)C(=O)NC(C)C(O)c1ccccc1)OC)N(C)C(=O)C(NC(=O)C(C(C)C)N(C)CCCC(=O)O)C(C)C. The standard InChI is InChI=1S/C43H73N5O9/c1-13-28(6)38(47(10)43(55)36(26(2)3)45-42(54)37(27(4)5)46(9)23-18-22-35(50)51)33(56-11)25-34(49)48-24-17-21-32(48)40(57-12)29(7)41(53)44-30(8)39(52)31-19-15-14-16-20-31/h14-16,19-20,26-30,32-33,36-40,52H,13,17-18,21-25H2,1-12H3,(H,44,53)(H,45,54)(H,50,51). The van der Waals surface area contributed by atoms with Crippen LogP contribution in [0.4, 0.5) is 0 Å². The van der Waals surface area contributed by atoms with E-state index in [0.717, 1.165) is 6.42 Å². The summed E-state index contributed by atoms with van der Waals surface area (Å²) in [7, 11) is 6.57. The van der Waals surface area contributed by atoms with Gasteiger partial charge in [0.1, 0.15) is 6.04 Å². The summed E-state index contributed by atoms with van der Waals surface area (Å²) in [5.74, 6) is -2.99. The summed E-state index contributed by atoms with van der Waals surface area (Å²) in [4.78, 5) is 72.2. The number of carbonyl (C=O) groups excluding carboxylic acids is 4. The lowest BCUT2D eigenvalue weighted by molar-refractivity contribution is -0.148. The Hall–Kier alpha value is -3.59. The fourth-order valence-corrected chi connectivity index (χ4v) is 8.28. The van der Waals surface area contributed by atoms with Gasteiger partial charge in [-0.15, -0.1) is 0 Å². The van der Waals surface area contributed by atoms with Gasteiger partial charge in [-0.3, -0.25) is 28.9 Å². The molecule has 2 rings (SSSR count). The van der Waals surface area contributed by atoms with Crippen molar-refractivity contribution in [2.75, 3.05) is 41.4 Å². The van der Waals surface area contributed by atoms with E-state index >= 15 is 0 Å². The molecule has 14 nitrogen and oxygen atoms in total. The molecule has 0 radical (unpaired) electrons. The second-order valence-electron chi connectivity index (χ2n) is 16.6. The molecule has 1 saturated heterocycles. The Labute approximate surface area is 341 Å². The minimum atomic E-state index is -0.894. The third kappa shape index (κ3) is 13.8. The van der Waals surface area contributed by atoms with E-state index in [1.165, 1.54) is 7.11 Å². The quantitative estimate of drug-likeness (QED) is 0.119. The van der Waals surface area contributed by atoms with Crippen molar-refractivity contribution in [3.8, 4) is 0 Å². The third-order valence-electron chi connectivity index (χ3n) is 11.8. The van der Waals surface area contributed by atoms with Gasteiger partial charge in [0, 0.05) is 34.2 Å². The molecule has 0 aromatic heterocycles. The minimum absolute atomic E-state index is 0.00279. The average Bonchev–Trinajstić information content (AvgIpc) is 3.65. The minimum Gasteiger partial charge on any atom is -0.481 e. The van der Waals surface area contributed by atoms with Crippen molar-refractivity contribution < 1.29 is 43.7 Å². The van der Waals surface area contributed by atoms with E-state index in [2.05, 4.69) is 10.6 Å². The topological polar surface area (TPSA) is 178 Å². The number of aliphatic hydroxyl groups is 1. The number of aliphatic carboxylic acids is 1. The van der Waals surface area contributed by atoms with Crippen LogP contribution in [-0.4, -0.2) is 138 Å². The van der Waals surface area contributed by atoms with Gasteiger partial charge in [-0.2, -0.15) is 0 Å². The zero-order valence-corrected chi connectivity index (χ0v) is 36.6. The van der Waals surface area contributed by atoms with E-state index in [9.17, 15) is 29.1 Å². The number of likely N-dealkylation sites (tertiary alicyclic amines) is 1. The number of ether oxygens (including phenoxy) is 2. The summed E-state index contributed by atoms with van der Waals surface area (Å²) in [5.41, 5.74) is 0.698. The predicted molar refractivity (Wildman–Crippen MR) is 220 cm³/mol.